The van der Waals surface area contributed by atoms with E-state index < -0.39 is 0 Å². The van der Waals surface area contributed by atoms with Gasteiger partial charge in [0.1, 0.15) is 0 Å². The lowest BCUT2D eigenvalue weighted by molar-refractivity contribution is 0.101. The van der Waals surface area contributed by atoms with E-state index >= 15 is 0 Å². The summed E-state index contributed by atoms with van der Waals surface area (Å²) in [6.07, 6.45) is 0. The second-order valence-electron chi connectivity index (χ2n) is 7.34. The van der Waals surface area contributed by atoms with Crippen LogP contribution in [0, 0.1) is 6.92 Å². The second-order valence-corrected chi connectivity index (χ2v) is 7.34. The Bertz CT molecular complexity index is 1240. The number of para-hydroxylation sites is 2. The first-order chi connectivity index (χ1) is 15.6. The summed E-state index contributed by atoms with van der Waals surface area (Å²) < 4.78 is 0. The summed E-state index contributed by atoms with van der Waals surface area (Å²) in [5.41, 5.74) is 4.95. The molecule has 32 heavy (non-hydrogen) atoms. The van der Waals surface area contributed by atoms with Gasteiger partial charge in [-0.05, 0) is 67.1 Å². The van der Waals surface area contributed by atoms with E-state index in [1.54, 1.807) is 30.3 Å². The number of amides is 2. The molecule has 0 bridgehead atoms. The zero-order valence-electron chi connectivity index (χ0n) is 17.6. The molecule has 0 heterocycles. The molecule has 4 aromatic carbocycles. The van der Waals surface area contributed by atoms with Crippen molar-refractivity contribution in [2.75, 3.05) is 16.0 Å². The molecule has 0 aliphatic heterocycles. The van der Waals surface area contributed by atoms with Gasteiger partial charge in [-0.2, -0.15) is 0 Å². The van der Waals surface area contributed by atoms with Gasteiger partial charge < -0.3 is 16.0 Å². The highest BCUT2D eigenvalue weighted by atomic mass is 16.2. The molecule has 158 valence electrons. The van der Waals surface area contributed by atoms with Crippen LogP contribution in [-0.2, 0) is 0 Å². The number of carbonyl (C=O) groups excluding carboxylic acids is 2. The monoisotopic (exact) mass is 421 g/mol. The van der Waals surface area contributed by atoms with E-state index in [1.807, 2.05) is 79.7 Å². The van der Waals surface area contributed by atoms with Crippen molar-refractivity contribution in [2.45, 2.75) is 6.92 Å². The molecule has 5 heteroatoms. The largest absolute Gasteiger partial charge is 0.355 e. The molecule has 0 saturated carbocycles. The Morgan fingerprint density at radius 3 is 1.97 bits per heavy atom. The van der Waals surface area contributed by atoms with Crippen molar-refractivity contribution in [1.82, 2.24) is 0 Å². The Hall–Kier alpha value is -4.38. The fourth-order valence-electron chi connectivity index (χ4n) is 3.33. The van der Waals surface area contributed by atoms with Crippen LogP contribution in [0.3, 0.4) is 0 Å². The molecule has 0 unspecified atom stereocenters. The van der Waals surface area contributed by atoms with Crippen LogP contribution < -0.4 is 16.0 Å². The zero-order valence-corrected chi connectivity index (χ0v) is 17.6. The summed E-state index contributed by atoms with van der Waals surface area (Å²) in [6, 6.07) is 31.5. The quantitative estimate of drug-likeness (QED) is 0.345. The van der Waals surface area contributed by atoms with Gasteiger partial charge in [-0.25, -0.2) is 0 Å². The highest BCUT2D eigenvalue weighted by Gasteiger charge is 2.13. The minimum Gasteiger partial charge on any atom is -0.355 e. The van der Waals surface area contributed by atoms with Gasteiger partial charge in [-0.3, -0.25) is 9.59 Å². The number of carbonyl (C=O) groups is 2. The predicted octanol–water partition coefficient (Wildman–Crippen LogP) is 6.24. The minimum absolute atomic E-state index is 0.175. The maximum absolute atomic E-state index is 13.0. The van der Waals surface area contributed by atoms with E-state index in [2.05, 4.69) is 16.0 Å². The van der Waals surface area contributed by atoms with Crippen LogP contribution in [0.4, 0.5) is 22.7 Å². The van der Waals surface area contributed by atoms with Crippen LogP contribution in [0.2, 0.25) is 0 Å². The van der Waals surface area contributed by atoms with E-state index in [1.165, 1.54) is 0 Å². The van der Waals surface area contributed by atoms with Gasteiger partial charge in [0, 0.05) is 22.6 Å². The number of nitrogens with one attached hydrogen (secondary N) is 3. The number of hydrogen-bond acceptors (Lipinski definition) is 3. The van der Waals surface area contributed by atoms with Crippen molar-refractivity contribution in [3.05, 3.63) is 120 Å². The average molecular weight is 422 g/mol. The molecule has 5 nitrogen and oxygen atoms in total. The van der Waals surface area contributed by atoms with Gasteiger partial charge >= 0.3 is 0 Å². The smallest absolute Gasteiger partial charge is 0.257 e. The van der Waals surface area contributed by atoms with Gasteiger partial charge in [0.2, 0.25) is 0 Å². The lowest BCUT2D eigenvalue weighted by atomic mass is 10.1. The average Bonchev–Trinajstić information content (AvgIpc) is 2.82. The molecule has 0 spiro atoms. The summed E-state index contributed by atoms with van der Waals surface area (Å²) in [5, 5.41) is 9.15. The highest BCUT2D eigenvalue weighted by molar-refractivity contribution is 6.09. The van der Waals surface area contributed by atoms with Crippen LogP contribution >= 0.6 is 0 Å². The van der Waals surface area contributed by atoms with Crippen LogP contribution in [0.15, 0.2) is 103 Å². The first-order valence-corrected chi connectivity index (χ1v) is 10.3. The van der Waals surface area contributed by atoms with Crippen molar-refractivity contribution < 1.29 is 9.59 Å². The highest BCUT2D eigenvalue weighted by Crippen LogP contribution is 2.24. The normalized spacial score (nSPS) is 10.3. The topological polar surface area (TPSA) is 70.2 Å². The van der Waals surface area contributed by atoms with E-state index in [0.29, 0.717) is 22.5 Å². The SMILES string of the molecule is Cc1cc(NC(=O)c2ccccc2Nc2ccccc2)ccc1NC(=O)c1ccccc1. The molecule has 4 aromatic rings. The second kappa shape index (κ2) is 9.62. The van der Waals surface area contributed by atoms with Gasteiger partial charge in [-0.1, -0.05) is 48.5 Å². The first kappa shape index (κ1) is 20.9. The summed E-state index contributed by atoms with van der Waals surface area (Å²) in [4.78, 5) is 25.4. The van der Waals surface area contributed by atoms with E-state index in [9.17, 15) is 9.59 Å². The molecule has 0 fully saturated rings. The molecule has 4 rings (SSSR count). The molecular weight excluding hydrogens is 398 g/mol. The van der Waals surface area contributed by atoms with Crippen molar-refractivity contribution in [1.29, 1.82) is 0 Å². The molecule has 0 atom stereocenters. The molecular formula is C27H23N3O2. The first-order valence-electron chi connectivity index (χ1n) is 10.3. The summed E-state index contributed by atoms with van der Waals surface area (Å²) in [6.45, 7) is 1.89. The number of hydrogen-bond donors (Lipinski definition) is 3. The van der Waals surface area contributed by atoms with Crippen LogP contribution in [0.5, 0.6) is 0 Å². The van der Waals surface area contributed by atoms with E-state index in [4.69, 9.17) is 0 Å². The van der Waals surface area contributed by atoms with Crippen LogP contribution in [-0.4, -0.2) is 11.8 Å². The summed E-state index contributed by atoms with van der Waals surface area (Å²) in [5.74, 6) is -0.393. The van der Waals surface area contributed by atoms with Gasteiger partial charge in [-0.15, -0.1) is 0 Å². The summed E-state index contributed by atoms with van der Waals surface area (Å²) >= 11 is 0. The number of anilines is 4. The third-order valence-electron chi connectivity index (χ3n) is 4.99. The Labute approximate surface area is 187 Å². The van der Waals surface area contributed by atoms with Crippen molar-refractivity contribution in [2.24, 2.45) is 0 Å². The van der Waals surface area contributed by atoms with E-state index in [0.717, 1.165) is 16.9 Å². The standard InChI is InChI=1S/C27H23N3O2/c1-19-18-22(16-17-24(19)30-26(31)20-10-4-2-5-11-20)29-27(32)23-14-8-9-15-25(23)28-21-12-6-3-7-13-21/h2-18,28H,1H3,(H,29,32)(H,30,31). The predicted molar refractivity (Wildman–Crippen MR) is 130 cm³/mol. The van der Waals surface area contributed by atoms with Crippen molar-refractivity contribution >= 4 is 34.6 Å². The molecule has 2 amide bonds. The number of rotatable bonds is 6. The molecule has 0 aliphatic rings. The Balaban J connectivity index is 1.47. The fraction of sp³-hybridized carbons (Fsp3) is 0.0370. The van der Waals surface area contributed by atoms with Gasteiger partial charge in [0.25, 0.3) is 11.8 Å². The molecule has 0 aromatic heterocycles. The van der Waals surface area contributed by atoms with Gasteiger partial charge in [0.05, 0.1) is 11.3 Å². The Kier molecular flexibility index (Phi) is 6.28. The molecule has 0 aliphatic carbocycles. The third-order valence-corrected chi connectivity index (χ3v) is 4.99. The number of aryl methyl sites for hydroxylation is 1. The summed E-state index contributed by atoms with van der Waals surface area (Å²) in [7, 11) is 0. The Morgan fingerprint density at radius 1 is 0.594 bits per heavy atom. The maximum atomic E-state index is 13.0. The van der Waals surface area contributed by atoms with Gasteiger partial charge in [0.15, 0.2) is 0 Å². The Morgan fingerprint density at radius 2 is 1.25 bits per heavy atom. The number of benzene rings is 4. The molecule has 0 saturated heterocycles. The maximum Gasteiger partial charge on any atom is 0.257 e. The zero-order chi connectivity index (χ0) is 22.3. The minimum atomic E-state index is -0.218. The fourth-order valence-corrected chi connectivity index (χ4v) is 3.33. The molecule has 0 radical (unpaired) electrons. The lowest BCUT2D eigenvalue weighted by Gasteiger charge is -2.14. The third kappa shape index (κ3) is 5.02. The van der Waals surface area contributed by atoms with Crippen molar-refractivity contribution in [3.63, 3.8) is 0 Å². The van der Waals surface area contributed by atoms with E-state index in [-0.39, 0.29) is 11.8 Å². The van der Waals surface area contributed by atoms with Crippen molar-refractivity contribution in [3.8, 4) is 0 Å². The van der Waals surface area contributed by atoms with Crippen LogP contribution in [0.1, 0.15) is 26.3 Å². The lowest BCUT2D eigenvalue weighted by Crippen LogP contribution is -2.15. The van der Waals surface area contributed by atoms with Crippen LogP contribution in [0.25, 0.3) is 0 Å². The molecule has 3 N–H and O–H groups in total.